The standard InChI is InChI=1S/C11H10BrN3O2/c1-8-6-14(13-11(8)15(16)17)7-9-3-2-4-10(12)5-9/h2-6H,7H2,1H3. The zero-order valence-corrected chi connectivity index (χ0v) is 10.7. The molecule has 0 amide bonds. The maximum Gasteiger partial charge on any atom is 0.392 e. The second-order valence-electron chi connectivity index (χ2n) is 3.72. The van der Waals surface area contributed by atoms with Gasteiger partial charge in [0.1, 0.15) is 0 Å². The van der Waals surface area contributed by atoms with Crippen LogP contribution in [0.15, 0.2) is 34.9 Å². The van der Waals surface area contributed by atoms with Crippen molar-refractivity contribution < 1.29 is 4.92 Å². The molecule has 2 aromatic rings. The highest BCUT2D eigenvalue weighted by Crippen LogP contribution is 2.16. The van der Waals surface area contributed by atoms with E-state index in [0.29, 0.717) is 12.1 Å². The predicted octanol–water partition coefficient (Wildman–Crippen LogP) is 2.91. The Labute approximate surface area is 106 Å². The largest absolute Gasteiger partial charge is 0.392 e. The topological polar surface area (TPSA) is 61.0 Å². The van der Waals surface area contributed by atoms with Crippen molar-refractivity contribution in [1.29, 1.82) is 0 Å². The fraction of sp³-hybridized carbons (Fsp3) is 0.182. The summed E-state index contributed by atoms with van der Waals surface area (Å²) in [6.45, 7) is 2.21. The minimum atomic E-state index is -0.466. The van der Waals surface area contributed by atoms with E-state index in [4.69, 9.17) is 0 Å². The molecule has 0 saturated carbocycles. The van der Waals surface area contributed by atoms with E-state index in [1.54, 1.807) is 17.8 Å². The normalized spacial score (nSPS) is 10.5. The van der Waals surface area contributed by atoms with Crippen LogP contribution >= 0.6 is 15.9 Å². The summed E-state index contributed by atoms with van der Waals surface area (Å²) in [6.07, 6.45) is 1.68. The molecule has 0 aliphatic rings. The molecule has 1 aromatic heterocycles. The van der Waals surface area contributed by atoms with Crippen LogP contribution in [-0.2, 0) is 6.54 Å². The third kappa shape index (κ3) is 2.71. The molecule has 0 unspecified atom stereocenters. The van der Waals surface area contributed by atoms with E-state index in [1.165, 1.54) is 0 Å². The Kier molecular flexibility index (Phi) is 3.23. The van der Waals surface area contributed by atoms with Crippen molar-refractivity contribution in [3.8, 4) is 0 Å². The number of aromatic nitrogens is 2. The van der Waals surface area contributed by atoms with Gasteiger partial charge < -0.3 is 10.1 Å². The van der Waals surface area contributed by atoms with Crippen LogP contribution in [0.4, 0.5) is 5.82 Å². The molecule has 88 valence electrons. The van der Waals surface area contributed by atoms with Crippen LogP contribution in [0.25, 0.3) is 0 Å². The average molecular weight is 296 g/mol. The summed E-state index contributed by atoms with van der Waals surface area (Å²) in [6, 6.07) is 7.76. The first-order chi connectivity index (χ1) is 8.06. The van der Waals surface area contributed by atoms with Gasteiger partial charge in [-0.2, -0.15) is 4.68 Å². The first-order valence-electron chi connectivity index (χ1n) is 4.99. The molecule has 0 aliphatic heterocycles. The van der Waals surface area contributed by atoms with Gasteiger partial charge in [-0.25, -0.2) is 0 Å². The fourth-order valence-electron chi connectivity index (χ4n) is 1.59. The van der Waals surface area contributed by atoms with Crippen molar-refractivity contribution in [1.82, 2.24) is 9.78 Å². The van der Waals surface area contributed by atoms with E-state index in [1.807, 2.05) is 24.3 Å². The number of hydrogen-bond acceptors (Lipinski definition) is 3. The SMILES string of the molecule is Cc1cn(Cc2cccc(Br)c2)nc1[N+](=O)[O-]. The maximum atomic E-state index is 10.7. The Bertz CT molecular complexity index is 566. The highest BCUT2D eigenvalue weighted by molar-refractivity contribution is 9.10. The molecule has 1 aromatic carbocycles. The van der Waals surface area contributed by atoms with Gasteiger partial charge in [-0.3, -0.25) is 0 Å². The molecule has 2 rings (SSSR count). The molecule has 1 heterocycles. The van der Waals surface area contributed by atoms with Crippen molar-refractivity contribution in [2.24, 2.45) is 0 Å². The van der Waals surface area contributed by atoms with Crippen molar-refractivity contribution >= 4 is 21.7 Å². The second kappa shape index (κ2) is 4.67. The Morgan fingerprint density at radius 2 is 2.29 bits per heavy atom. The first-order valence-corrected chi connectivity index (χ1v) is 5.78. The molecule has 0 N–H and O–H groups in total. The lowest BCUT2D eigenvalue weighted by Gasteiger charge is -1.98. The maximum absolute atomic E-state index is 10.7. The van der Waals surface area contributed by atoms with E-state index >= 15 is 0 Å². The lowest BCUT2D eigenvalue weighted by atomic mass is 10.2. The summed E-state index contributed by atoms with van der Waals surface area (Å²) in [5.74, 6) is -0.0833. The van der Waals surface area contributed by atoms with Gasteiger partial charge in [0.25, 0.3) is 0 Å². The third-order valence-electron chi connectivity index (χ3n) is 2.33. The minimum absolute atomic E-state index is 0.0833. The van der Waals surface area contributed by atoms with Crippen molar-refractivity contribution in [2.75, 3.05) is 0 Å². The van der Waals surface area contributed by atoms with Gasteiger partial charge in [0.2, 0.25) is 0 Å². The quantitative estimate of drug-likeness (QED) is 0.646. The number of nitro groups is 1. The van der Waals surface area contributed by atoms with Crippen LogP contribution < -0.4 is 0 Å². The Hall–Kier alpha value is -1.69. The lowest BCUT2D eigenvalue weighted by molar-refractivity contribution is -0.390. The third-order valence-corrected chi connectivity index (χ3v) is 2.82. The predicted molar refractivity (Wildman–Crippen MR) is 66.9 cm³/mol. The zero-order chi connectivity index (χ0) is 12.4. The summed E-state index contributed by atoms with van der Waals surface area (Å²) in [4.78, 5) is 10.2. The molecule has 0 atom stereocenters. The van der Waals surface area contributed by atoms with Crippen LogP contribution in [0.5, 0.6) is 0 Å². The summed E-state index contributed by atoms with van der Waals surface area (Å²) in [5.41, 5.74) is 1.61. The Morgan fingerprint density at radius 1 is 1.53 bits per heavy atom. The molecule has 5 nitrogen and oxygen atoms in total. The lowest BCUT2D eigenvalue weighted by Crippen LogP contribution is -2.01. The van der Waals surface area contributed by atoms with Gasteiger partial charge >= 0.3 is 5.82 Å². The molecule has 0 spiro atoms. The number of nitrogens with zero attached hydrogens (tertiary/aromatic N) is 3. The van der Waals surface area contributed by atoms with E-state index in [2.05, 4.69) is 21.0 Å². The van der Waals surface area contributed by atoms with E-state index in [-0.39, 0.29) is 5.82 Å². The second-order valence-corrected chi connectivity index (χ2v) is 4.64. The van der Waals surface area contributed by atoms with Gasteiger partial charge in [-0.1, -0.05) is 28.1 Å². The van der Waals surface area contributed by atoms with Crippen molar-refractivity contribution in [2.45, 2.75) is 13.5 Å². The molecule has 0 saturated heterocycles. The molecule has 0 bridgehead atoms. The number of aryl methyl sites for hydroxylation is 1. The first kappa shape index (κ1) is 11.8. The van der Waals surface area contributed by atoms with E-state index in [0.717, 1.165) is 10.0 Å². The van der Waals surface area contributed by atoms with Crippen molar-refractivity contribution in [3.05, 3.63) is 56.2 Å². The molecule has 0 radical (unpaired) electrons. The number of rotatable bonds is 3. The average Bonchev–Trinajstić information content (AvgIpc) is 2.59. The summed E-state index contributed by atoms with van der Waals surface area (Å²) >= 11 is 3.38. The monoisotopic (exact) mass is 295 g/mol. The summed E-state index contributed by atoms with van der Waals surface area (Å²) in [7, 11) is 0. The fourth-order valence-corrected chi connectivity index (χ4v) is 2.04. The molecule has 6 heteroatoms. The van der Waals surface area contributed by atoms with Crippen LogP contribution in [0.3, 0.4) is 0 Å². The van der Waals surface area contributed by atoms with Gasteiger partial charge in [-0.05, 0) is 29.5 Å². The van der Waals surface area contributed by atoms with Gasteiger partial charge in [0, 0.05) is 4.47 Å². The summed E-state index contributed by atoms with van der Waals surface area (Å²) < 4.78 is 2.56. The Balaban J connectivity index is 2.25. The van der Waals surface area contributed by atoms with E-state index in [9.17, 15) is 10.1 Å². The summed E-state index contributed by atoms with van der Waals surface area (Å²) in [5, 5.41) is 14.6. The highest BCUT2D eigenvalue weighted by atomic mass is 79.9. The van der Waals surface area contributed by atoms with Crippen LogP contribution in [-0.4, -0.2) is 14.7 Å². The number of benzene rings is 1. The minimum Gasteiger partial charge on any atom is -0.358 e. The van der Waals surface area contributed by atoms with Gasteiger partial charge in [0.05, 0.1) is 23.4 Å². The number of halogens is 1. The Morgan fingerprint density at radius 3 is 2.88 bits per heavy atom. The van der Waals surface area contributed by atoms with Gasteiger partial charge in [0.15, 0.2) is 0 Å². The van der Waals surface area contributed by atoms with Crippen LogP contribution in [0, 0.1) is 17.0 Å². The van der Waals surface area contributed by atoms with Crippen LogP contribution in [0.2, 0.25) is 0 Å². The van der Waals surface area contributed by atoms with E-state index < -0.39 is 4.92 Å². The smallest absolute Gasteiger partial charge is 0.358 e. The highest BCUT2D eigenvalue weighted by Gasteiger charge is 2.16. The van der Waals surface area contributed by atoms with Gasteiger partial charge in [-0.15, -0.1) is 0 Å². The number of hydrogen-bond donors (Lipinski definition) is 0. The molecular weight excluding hydrogens is 286 g/mol. The molecular formula is C11H10BrN3O2. The molecule has 0 aliphatic carbocycles. The zero-order valence-electron chi connectivity index (χ0n) is 9.13. The molecule has 0 fully saturated rings. The molecule has 17 heavy (non-hydrogen) atoms. The van der Waals surface area contributed by atoms with Crippen molar-refractivity contribution in [3.63, 3.8) is 0 Å². The van der Waals surface area contributed by atoms with Crippen LogP contribution in [0.1, 0.15) is 11.1 Å².